The third-order valence-corrected chi connectivity index (χ3v) is 12.9. The lowest BCUT2D eigenvalue weighted by atomic mass is 9.33. The number of carboxylic acid groups (broad SMARTS) is 1. The molecule has 0 aromatic carbocycles. The topological polar surface area (TPSA) is 80.7 Å². The van der Waals surface area contributed by atoms with E-state index in [1.165, 1.54) is 38.2 Å². The Kier molecular flexibility index (Phi) is 5.72. The monoisotopic (exact) mass is 498 g/mol. The van der Waals surface area contributed by atoms with Gasteiger partial charge < -0.3 is 9.84 Å². The summed E-state index contributed by atoms with van der Waals surface area (Å²) in [6.45, 7) is 14.9. The number of allylic oxidation sites excluding steroid dienone is 2. The van der Waals surface area contributed by atoms with Crippen LogP contribution in [0.15, 0.2) is 11.6 Å². The number of esters is 1. The van der Waals surface area contributed by atoms with Gasteiger partial charge in [-0.15, -0.1) is 0 Å². The van der Waals surface area contributed by atoms with Crippen molar-refractivity contribution in [2.24, 2.45) is 50.7 Å². The van der Waals surface area contributed by atoms with Crippen molar-refractivity contribution in [2.45, 2.75) is 112 Å². The first-order chi connectivity index (χ1) is 16.6. The molecule has 0 aliphatic heterocycles. The van der Waals surface area contributed by atoms with Crippen LogP contribution in [0.4, 0.5) is 0 Å². The number of hydrogen-bond acceptors (Lipinski definition) is 4. The highest BCUT2D eigenvalue weighted by Crippen LogP contribution is 2.75. The predicted molar refractivity (Wildman–Crippen MR) is 138 cm³/mol. The fourth-order valence-electron chi connectivity index (χ4n) is 10.9. The fraction of sp³-hybridized carbons (Fsp3) is 0.839. The van der Waals surface area contributed by atoms with Gasteiger partial charge in [-0.05, 0) is 97.4 Å². The number of carbonyl (C=O) groups is 3. The van der Waals surface area contributed by atoms with E-state index in [0.717, 1.165) is 19.3 Å². The van der Waals surface area contributed by atoms with Gasteiger partial charge in [-0.3, -0.25) is 14.4 Å². The van der Waals surface area contributed by atoms with Crippen LogP contribution in [0.25, 0.3) is 0 Å². The Labute approximate surface area is 216 Å². The molecule has 5 nitrogen and oxygen atoms in total. The number of hydrogen-bond donors (Lipinski definition) is 1. The van der Waals surface area contributed by atoms with Gasteiger partial charge in [-0.25, -0.2) is 0 Å². The second-order valence-electron chi connectivity index (χ2n) is 14.5. The lowest BCUT2D eigenvalue weighted by Gasteiger charge is -2.70. The molecule has 0 saturated heterocycles. The highest BCUT2D eigenvalue weighted by atomic mass is 16.5. The standard InChI is InChI=1S/C31H46O5/c1-18-9-8-12-27(3)15-16-29(5)20(24(18)27)17-21(33)25-28(4)13-11-23(36-19(2)32)31(7,26(34)35)22(28)10-14-30(25,29)6/h17-18,22-25H,8-16H2,1-7H3,(H,34,35)/t18-,22-,23?,24+,25-,27-,28+,29-,30-,31-/m1/s1. The molecule has 0 heterocycles. The van der Waals surface area contributed by atoms with E-state index in [4.69, 9.17) is 4.74 Å². The number of aliphatic carboxylic acids is 1. The Bertz CT molecular complexity index is 1030. The molecule has 5 aliphatic carbocycles. The van der Waals surface area contributed by atoms with Crippen LogP contribution in [-0.2, 0) is 19.1 Å². The van der Waals surface area contributed by atoms with Crippen LogP contribution in [0, 0.1) is 50.7 Å². The predicted octanol–water partition coefficient (Wildman–Crippen LogP) is 6.59. The minimum Gasteiger partial charge on any atom is -0.481 e. The number of ketones is 1. The van der Waals surface area contributed by atoms with Gasteiger partial charge in [0.25, 0.3) is 0 Å². The normalized spacial score (nSPS) is 52.1. The van der Waals surface area contributed by atoms with Crippen molar-refractivity contribution in [3.05, 3.63) is 11.6 Å². The summed E-state index contributed by atoms with van der Waals surface area (Å²) in [7, 11) is 0. The zero-order chi connectivity index (χ0) is 26.5. The number of carbonyl (C=O) groups excluding carboxylic acids is 2. The van der Waals surface area contributed by atoms with Crippen LogP contribution in [0.3, 0.4) is 0 Å². The molecule has 36 heavy (non-hydrogen) atoms. The van der Waals surface area contributed by atoms with E-state index in [0.29, 0.717) is 24.7 Å². The minimum absolute atomic E-state index is 0.0539. The van der Waals surface area contributed by atoms with Gasteiger partial charge in [0, 0.05) is 12.8 Å². The largest absolute Gasteiger partial charge is 0.481 e. The Balaban J connectivity index is 1.62. The van der Waals surface area contributed by atoms with Crippen molar-refractivity contribution in [3.63, 3.8) is 0 Å². The minimum atomic E-state index is -1.20. The summed E-state index contributed by atoms with van der Waals surface area (Å²) in [6.07, 6.45) is 10.2. The molecular formula is C31H46O5. The van der Waals surface area contributed by atoms with Crippen LogP contribution in [0.1, 0.15) is 106 Å². The lowest BCUT2D eigenvalue weighted by Crippen LogP contribution is -2.68. The molecule has 10 atom stereocenters. The van der Waals surface area contributed by atoms with Gasteiger partial charge in [0.05, 0.1) is 0 Å². The second kappa shape index (κ2) is 7.93. The van der Waals surface area contributed by atoms with Gasteiger partial charge in [-0.2, -0.15) is 0 Å². The zero-order valence-electron chi connectivity index (χ0n) is 23.4. The highest BCUT2D eigenvalue weighted by molar-refractivity contribution is 5.96. The maximum atomic E-state index is 14.3. The number of fused-ring (bicyclic) bond motifs is 7. The van der Waals surface area contributed by atoms with E-state index >= 15 is 0 Å². The third-order valence-electron chi connectivity index (χ3n) is 12.9. The van der Waals surface area contributed by atoms with Crippen LogP contribution in [0.5, 0.6) is 0 Å². The Morgan fingerprint density at radius 3 is 2.31 bits per heavy atom. The molecule has 0 amide bonds. The molecule has 1 N–H and O–H groups in total. The average Bonchev–Trinajstić information content (AvgIpc) is 2.77. The van der Waals surface area contributed by atoms with Gasteiger partial charge in [0.2, 0.25) is 0 Å². The molecule has 0 aromatic rings. The molecule has 5 rings (SSSR count). The molecular weight excluding hydrogens is 452 g/mol. The van der Waals surface area contributed by atoms with E-state index in [-0.39, 0.29) is 33.9 Å². The second-order valence-corrected chi connectivity index (χ2v) is 14.5. The summed E-state index contributed by atoms with van der Waals surface area (Å²) < 4.78 is 5.62. The first-order valence-electron chi connectivity index (χ1n) is 14.3. The molecule has 5 aliphatic rings. The zero-order valence-corrected chi connectivity index (χ0v) is 23.4. The Hall–Kier alpha value is -1.65. The summed E-state index contributed by atoms with van der Waals surface area (Å²) in [6, 6.07) is 0. The summed E-state index contributed by atoms with van der Waals surface area (Å²) in [5.74, 6) is -0.509. The van der Waals surface area contributed by atoms with Crippen molar-refractivity contribution < 1.29 is 24.2 Å². The van der Waals surface area contributed by atoms with E-state index in [1.807, 2.05) is 0 Å². The first kappa shape index (κ1) is 26.0. The van der Waals surface area contributed by atoms with Crippen molar-refractivity contribution >= 4 is 17.7 Å². The molecule has 4 fully saturated rings. The molecule has 0 bridgehead atoms. The fourth-order valence-corrected chi connectivity index (χ4v) is 10.9. The van der Waals surface area contributed by atoms with Crippen molar-refractivity contribution in [1.82, 2.24) is 0 Å². The summed E-state index contributed by atoms with van der Waals surface area (Å²) in [5.41, 5.74) is -0.222. The smallest absolute Gasteiger partial charge is 0.313 e. The van der Waals surface area contributed by atoms with Gasteiger partial charge in [-0.1, -0.05) is 53.0 Å². The summed E-state index contributed by atoms with van der Waals surface area (Å²) in [5, 5.41) is 10.5. The summed E-state index contributed by atoms with van der Waals surface area (Å²) >= 11 is 0. The quantitative estimate of drug-likeness (QED) is 0.434. The number of rotatable bonds is 2. The molecule has 1 unspecified atom stereocenters. The maximum Gasteiger partial charge on any atom is 0.313 e. The average molecular weight is 499 g/mol. The van der Waals surface area contributed by atoms with E-state index < -0.39 is 28.9 Å². The lowest BCUT2D eigenvalue weighted by molar-refractivity contribution is -0.220. The molecule has 0 spiro atoms. The third kappa shape index (κ3) is 3.10. The first-order valence-corrected chi connectivity index (χ1v) is 14.3. The molecule has 200 valence electrons. The highest BCUT2D eigenvalue weighted by Gasteiger charge is 2.72. The Morgan fingerprint density at radius 2 is 1.67 bits per heavy atom. The van der Waals surface area contributed by atoms with E-state index in [2.05, 4.69) is 40.7 Å². The van der Waals surface area contributed by atoms with E-state index in [1.54, 1.807) is 6.92 Å². The van der Waals surface area contributed by atoms with Crippen molar-refractivity contribution in [1.29, 1.82) is 0 Å². The van der Waals surface area contributed by atoms with Crippen LogP contribution in [0.2, 0.25) is 0 Å². The Morgan fingerprint density at radius 1 is 0.972 bits per heavy atom. The molecule has 5 heteroatoms. The van der Waals surface area contributed by atoms with Crippen LogP contribution in [-0.4, -0.2) is 28.9 Å². The summed E-state index contributed by atoms with van der Waals surface area (Å²) in [4.78, 5) is 39.0. The van der Waals surface area contributed by atoms with Crippen molar-refractivity contribution in [3.8, 4) is 0 Å². The van der Waals surface area contributed by atoms with E-state index in [9.17, 15) is 19.5 Å². The molecule has 4 saturated carbocycles. The number of ether oxygens (including phenoxy) is 1. The van der Waals surface area contributed by atoms with Crippen LogP contribution < -0.4 is 0 Å². The van der Waals surface area contributed by atoms with Gasteiger partial charge in [0.15, 0.2) is 5.78 Å². The van der Waals surface area contributed by atoms with Crippen molar-refractivity contribution in [2.75, 3.05) is 0 Å². The molecule has 0 aromatic heterocycles. The van der Waals surface area contributed by atoms with Gasteiger partial charge >= 0.3 is 11.9 Å². The van der Waals surface area contributed by atoms with Crippen LogP contribution >= 0.6 is 0 Å². The molecule has 0 radical (unpaired) electrons. The number of carboxylic acids is 1. The SMILES string of the molecule is CC(=O)OC1CC[C@@]2(C)[C@@H](CC[C@]3(C)[C@@H]2C(=O)C=C2[C@@H]4[C@H](C)CCC[C@]4(C)CC[C@]23C)[C@@]1(C)C(=O)O. The van der Waals surface area contributed by atoms with Gasteiger partial charge in [0.1, 0.15) is 11.5 Å². The maximum absolute atomic E-state index is 14.3.